The van der Waals surface area contributed by atoms with E-state index in [1.807, 2.05) is 16.7 Å². The molecule has 0 unspecified atom stereocenters. The fourth-order valence-corrected chi connectivity index (χ4v) is 2.86. The molecular formula is C13H18N2O2S. The number of methoxy groups -OCH3 is 1. The number of nitrogen functional groups attached to an aromatic ring is 1. The standard InChI is InChI=1S/C13H18N2O2S/c1-17-12-9-10(3-4-11(12)14)13(16)15-5-2-7-18-8-6-15/h3-4,9H,2,5-8,14H2,1H3. The van der Waals surface area contributed by atoms with E-state index >= 15 is 0 Å². The molecule has 1 aromatic carbocycles. The minimum atomic E-state index is 0.0656. The van der Waals surface area contributed by atoms with Crippen LogP contribution in [0.2, 0.25) is 0 Å². The molecule has 0 aromatic heterocycles. The van der Waals surface area contributed by atoms with Gasteiger partial charge in [-0.25, -0.2) is 0 Å². The second kappa shape index (κ2) is 6.00. The van der Waals surface area contributed by atoms with Gasteiger partial charge in [0.25, 0.3) is 5.91 Å². The Balaban J connectivity index is 2.16. The van der Waals surface area contributed by atoms with E-state index in [1.54, 1.807) is 25.3 Å². The summed E-state index contributed by atoms with van der Waals surface area (Å²) in [6, 6.07) is 5.20. The first-order valence-electron chi connectivity index (χ1n) is 6.03. The molecule has 0 saturated carbocycles. The Kier molecular flexibility index (Phi) is 4.36. The summed E-state index contributed by atoms with van der Waals surface area (Å²) in [6.45, 7) is 1.65. The lowest BCUT2D eigenvalue weighted by atomic mass is 10.1. The molecule has 1 fully saturated rings. The molecule has 1 aliphatic rings. The Bertz CT molecular complexity index is 429. The topological polar surface area (TPSA) is 55.6 Å². The number of rotatable bonds is 2. The lowest BCUT2D eigenvalue weighted by Gasteiger charge is -2.20. The van der Waals surface area contributed by atoms with E-state index in [1.165, 1.54) is 0 Å². The highest BCUT2D eigenvalue weighted by Crippen LogP contribution is 2.23. The molecule has 2 rings (SSSR count). The third kappa shape index (κ3) is 2.90. The van der Waals surface area contributed by atoms with Gasteiger partial charge in [-0.3, -0.25) is 4.79 Å². The number of benzene rings is 1. The van der Waals surface area contributed by atoms with Gasteiger partial charge in [0.05, 0.1) is 12.8 Å². The molecule has 1 saturated heterocycles. The minimum Gasteiger partial charge on any atom is -0.495 e. The molecule has 5 heteroatoms. The van der Waals surface area contributed by atoms with Gasteiger partial charge in [0, 0.05) is 24.4 Å². The SMILES string of the molecule is COc1cc(C(=O)N2CCCSCC2)ccc1N. The first-order valence-corrected chi connectivity index (χ1v) is 7.18. The van der Waals surface area contributed by atoms with Gasteiger partial charge in [0.1, 0.15) is 5.75 Å². The van der Waals surface area contributed by atoms with Crippen LogP contribution in [-0.4, -0.2) is 42.5 Å². The third-order valence-electron chi connectivity index (χ3n) is 2.99. The zero-order valence-electron chi connectivity index (χ0n) is 10.5. The Labute approximate surface area is 111 Å². The molecule has 0 bridgehead atoms. The van der Waals surface area contributed by atoms with Crippen molar-refractivity contribution in [1.29, 1.82) is 0 Å². The van der Waals surface area contributed by atoms with Gasteiger partial charge in [0.2, 0.25) is 0 Å². The minimum absolute atomic E-state index is 0.0656. The molecule has 0 radical (unpaired) electrons. The van der Waals surface area contributed by atoms with Crippen molar-refractivity contribution >= 4 is 23.4 Å². The van der Waals surface area contributed by atoms with E-state index in [0.717, 1.165) is 31.0 Å². The fourth-order valence-electron chi connectivity index (χ4n) is 1.98. The number of nitrogens with zero attached hydrogens (tertiary/aromatic N) is 1. The molecule has 2 N–H and O–H groups in total. The number of carbonyl (C=O) groups excluding carboxylic acids is 1. The maximum absolute atomic E-state index is 12.4. The van der Waals surface area contributed by atoms with Crippen LogP contribution >= 0.6 is 11.8 Å². The van der Waals surface area contributed by atoms with E-state index < -0.39 is 0 Å². The number of nitrogens with two attached hydrogens (primary N) is 1. The molecule has 4 nitrogen and oxygen atoms in total. The summed E-state index contributed by atoms with van der Waals surface area (Å²) in [5.74, 6) is 2.77. The lowest BCUT2D eigenvalue weighted by Crippen LogP contribution is -2.32. The van der Waals surface area contributed by atoms with Crippen LogP contribution in [0.5, 0.6) is 5.75 Å². The van der Waals surface area contributed by atoms with Crippen molar-refractivity contribution < 1.29 is 9.53 Å². The van der Waals surface area contributed by atoms with Crippen molar-refractivity contribution in [3.8, 4) is 5.75 Å². The maximum Gasteiger partial charge on any atom is 0.254 e. The van der Waals surface area contributed by atoms with Crippen LogP contribution < -0.4 is 10.5 Å². The summed E-state index contributed by atoms with van der Waals surface area (Å²) >= 11 is 1.90. The van der Waals surface area contributed by atoms with Gasteiger partial charge in [0.15, 0.2) is 0 Å². The predicted octanol–water partition coefficient (Wildman–Crippen LogP) is 1.86. The summed E-state index contributed by atoms with van der Waals surface area (Å²) < 4.78 is 5.15. The maximum atomic E-state index is 12.4. The van der Waals surface area contributed by atoms with Crippen LogP contribution in [0.15, 0.2) is 18.2 Å². The van der Waals surface area contributed by atoms with Crippen LogP contribution in [0.4, 0.5) is 5.69 Å². The Morgan fingerprint density at radius 2 is 2.22 bits per heavy atom. The molecule has 1 heterocycles. The van der Waals surface area contributed by atoms with Crippen molar-refractivity contribution in [3.05, 3.63) is 23.8 Å². The fraction of sp³-hybridized carbons (Fsp3) is 0.462. The first-order chi connectivity index (χ1) is 8.72. The van der Waals surface area contributed by atoms with Gasteiger partial charge in [-0.05, 0) is 30.4 Å². The summed E-state index contributed by atoms with van der Waals surface area (Å²) in [7, 11) is 1.56. The van der Waals surface area contributed by atoms with Crippen molar-refractivity contribution in [3.63, 3.8) is 0 Å². The molecule has 18 heavy (non-hydrogen) atoms. The zero-order chi connectivity index (χ0) is 13.0. The van der Waals surface area contributed by atoms with Crippen molar-refractivity contribution in [1.82, 2.24) is 4.90 Å². The molecule has 1 aliphatic heterocycles. The zero-order valence-corrected chi connectivity index (χ0v) is 11.3. The van der Waals surface area contributed by atoms with Gasteiger partial charge in [-0.2, -0.15) is 11.8 Å². The Hall–Kier alpha value is -1.36. The second-order valence-corrected chi connectivity index (χ2v) is 5.44. The van der Waals surface area contributed by atoms with Crippen LogP contribution in [0.3, 0.4) is 0 Å². The van der Waals surface area contributed by atoms with E-state index in [-0.39, 0.29) is 5.91 Å². The molecule has 98 valence electrons. The molecule has 0 spiro atoms. The van der Waals surface area contributed by atoms with E-state index in [4.69, 9.17) is 10.5 Å². The van der Waals surface area contributed by atoms with Gasteiger partial charge < -0.3 is 15.4 Å². The first kappa shape index (κ1) is 13.1. The van der Waals surface area contributed by atoms with Gasteiger partial charge in [-0.1, -0.05) is 0 Å². The van der Waals surface area contributed by atoms with Crippen molar-refractivity contribution in [2.45, 2.75) is 6.42 Å². The summed E-state index contributed by atoms with van der Waals surface area (Å²) in [6.07, 6.45) is 1.06. The molecule has 1 amide bonds. The highest BCUT2D eigenvalue weighted by Gasteiger charge is 2.18. The van der Waals surface area contributed by atoms with E-state index in [9.17, 15) is 4.79 Å². The van der Waals surface area contributed by atoms with Crippen LogP contribution in [0.25, 0.3) is 0 Å². The van der Waals surface area contributed by atoms with Gasteiger partial charge >= 0.3 is 0 Å². The number of thioether (sulfide) groups is 1. The quantitative estimate of drug-likeness (QED) is 0.830. The average Bonchev–Trinajstić information content (AvgIpc) is 2.67. The number of ether oxygens (including phenoxy) is 1. The second-order valence-electron chi connectivity index (χ2n) is 4.21. The van der Waals surface area contributed by atoms with Crippen molar-refractivity contribution in [2.75, 3.05) is 37.4 Å². The number of amides is 1. The smallest absolute Gasteiger partial charge is 0.254 e. The van der Waals surface area contributed by atoms with Crippen LogP contribution in [0.1, 0.15) is 16.8 Å². The Morgan fingerprint density at radius 3 is 3.00 bits per heavy atom. The van der Waals surface area contributed by atoms with Gasteiger partial charge in [-0.15, -0.1) is 0 Å². The highest BCUT2D eigenvalue weighted by molar-refractivity contribution is 7.99. The van der Waals surface area contributed by atoms with E-state index in [0.29, 0.717) is 17.0 Å². The van der Waals surface area contributed by atoms with E-state index in [2.05, 4.69) is 0 Å². The normalized spacial score (nSPS) is 16.2. The summed E-state index contributed by atoms with van der Waals surface area (Å²) in [5, 5.41) is 0. The third-order valence-corrected chi connectivity index (χ3v) is 4.04. The molecule has 0 aliphatic carbocycles. The predicted molar refractivity (Wildman–Crippen MR) is 75.3 cm³/mol. The van der Waals surface area contributed by atoms with Crippen molar-refractivity contribution in [2.24, 2.45) is 0 Å². The average molecular weight is 266 g/mol. The summed E-state index contributed by atoms with van der Waals surface area (Å²) in [5.41, 5.74) is 6.95. The largest absolute Gasteiger partial charge is 0.495 e. The number of hydrogen-bond donors (Lipinski definition) is 1. The summed E-state index contributed by atoms with van der Waals surface area (Å²) in [4.78, 5) is 14.3. The van der Waals surface area contributed by atoms with Crippen LogP contribution in [-0.2, 0) is 0 Å². The Morgan fingerprint density at radius 1 is 1.39 bits per heavy atom. The monoisotopic (exact) mass is 266 g/mol. The molecular weight excluding hydrogens is 248 g/mol. The molecule has 0 atom stereocenters. The highest BCUT2D eigenvalue weighted by atomic mass is 32.2. The number of carbonyl (C=O) groups is 1. The van der Waals surface area contributed by atoms with Crippen LogP contribution in [0, 0.1) is 0 Å². The molecule has 1 aromatic rings. The number of anilines is 1. The number of hydrogen-bond acceptors (Lipinski definition) is 4. The lowest BCUT2D eigenvalue weighted by molar-refractivity contribution is 0.0768.